The summed E-state index contributed by atoms with van der Waals surface area (Å²) >= 11 is 6.08. The van der Waals surface area contributed by atoms with Crippen LogP contribution in [0.25, 0.3) is 0 Å². The molecule has 4 nitrogen and oxygen atoms in total. The first-order valence-electron chi connectivity index (χ1n) is 5.88. The molecule has 0 unspecified atom stereocenters. The normalized spacial score (nSPS) is 11.4. The lowest BCUT2D eigenvalue weighted by molar-refractivity contribution is 0.0488. The van der Waals surface area contributed by atoms with Gasteiger partial charge in [0.05, 0.1) is 5.02 Å². The van der Waals surface area contributed by atoms with Crippen LogP contribution in [0.3, 0.4) is 0 Å². The summed E-state index contributed by atoms with van der Waals surface area (Å²) < 4.78 is 7.16. The summed E-state index contributed by atoms with van der Waals surface area (Å²) in [5.41, 5.74) is -0.0109. The van der Waals surface area contributed by atoms with Gasteiger partial charge < -0.3 is 4.74 Å². The van der Waals surface area contributed by atoms with Crippen LogP contribution in [0.1, 0.15) is 24.2 Å². The highest BCUT2D eigenvalue weighted by Crippen LogP contribution is 2.29. The van der Waals surface area contributed by atoms with Gasteiger partial charge in [-0.25, -0.2) is 4.98 Å². The average molecular weight is 279 g/mol. The Balaban J connectivity index is 2.26. The zero-order valence-corrected chi connectivity index (χ0v) is 11.8. The first-order valence-corrected chi connectivity index (χ1v) is 6.26. The van der Waals surface area contributed by atoms with Crippen molar-refractivity contribution in [3.8, 4) is 5.75 Å². The number of halogens is 1. The smallest absolute Gasteiger partial charge is 0.275 e. The van der Waals surface area contributed by atoms with Gasteiger partial charge in [0, 0.05) is 12.4 Å². The standard InChI is InChI=1S/C14H15ClN2O2/c1-10-4-5-11(15)12(8-10)19-14(2,3)13(18)17-7-6-16-9-17/h4-9H,1-3H3. The highest BCUT2D eigenvalue weighted by molar-refractivity contribution is 6.32. The van der Waals surface area contributed by atoms with Gasteiger partial charge in [0.1, 0.15) is 12.1 Å². The van der Waals surface area contributed by atoms with Crippen LogP contribution in [0.5, 0.6) is 5.75 Å². The second kappa shape index (κ2) is 5.05. The Morgan fingerprint density at radius 2 is 2.16 bits per heavy atom. The zero-order chi connectivity index (χ0) is 14.0. The van der Waals surface area contributed by atoms with Crippen molar-refractivity contribution in [2.24, 2.45) is 0 Å². The van der Waals surface area contributed by atoms with Gasteiger partial charge in [0.25, 0.3) is 5.91 Å². The molecule has 0 aliphatic heterocycles. The predicted molar refractivity (Wildman–Crippen MR) is 73.7 cm³/mol. The van der Waals surface area contributed by atoms with E-state index in [1.54, 1.807) is 32.3 Å². The summed E-state index contributed by atoms with van der Waals surface area (Å²) in [4.78, 5) is 16.1. The minimum absolute atomic E-state index is 0.206. The molecule has 0 bridgehead atoms. The van der Waals surface area contributed by atoms with E-state index >= 15 is 0 Å². The molecule has 0 N–H and O–H groups in total. The molecule has 1 aromatic carbocycles. The summed E-state index contributed by atoms with van der Waals surface area (Å²) in [6.45, 7) is 5.34. The van der Waals surface area contributed by atoms with Gasteiger partial charge in [-0.2, -0.15) is 0 Å². The van der Waals surface area contributed by atoms with Crippen LogP contribution in [0.4, 0.5) is 0 Å². The Kier molecular flexibility index (Phi) is 3.62. The Morgan fingerprint density at radius 3 is 2.79 bits per heavy atom. The molecule has 0 amide bonds. The number of hydrogen-bond donors (Lipinski definition) is 0. The molecule has 1 aromatic heterocycles. The number of aromatic nitrogens is 2. The highest BCUT2D eigenvalue weighted by atomic mass is 35.5. The monoisotopic (exact) mass is 278 g/mol. The number of carbonyl (C=O) groups is 1. The second-order valence-corrected chi connectivity index (χ2v) is 5.23. The van der Waals surface area contributed by atoms with E-state index in [0.717, 1.165) is 5.56 Å². The zero-order valence-electron chi connectivity index (χ0n) is 11.1. The molecule has 0 aliphatic carbocycles. The van der Waals surface area contributed by atoms with E-state index in [1.807, 2.05) is 19.1 Å². The molecule has 0 aliphatic rings. The molecule has 0 saturated heterocycles. The van der Waals surface area contributed by atoms with Crippen LogP contribution in [0.2, 0.25) is 5.02 Å². The first-order chi connectivity index (χ1) is 8.90. The number of nitrogens with zero attached hydrogens (tertiary/aromatic N) is 2. The lowest BCUT2D eigenvalue weighted by Crippen LogP contribution is -2.41. The highest BCUT2D eigenvalue weighted by Gasteiger charge is 2.31. The van der Waals surface area contributed by atoms with E-state index in [1.165, 1.54) is 10.9 Å². The maximum absolute atomic E-state index is 12.3. The maximum atomic E-state index is 12.3. The van der Waals surface area contributed by atoms with Crippen molar-refractivity contribution < 1.29 is 9.53 Å². The summed E-state index contributed by atoms with van der Waals surface area (Å²) in [5.74, 6) is 0.294. The number of carbonyl (C=O) groups excluding carboxylic acids is 1. The SMILES string of the molecule is Cc1ccc(Cl)c(OC(C)(C)C(=O)n2ccnc2)c1. The molecule has 0 radical (unpaired) electrons. The van der Waals surface area contributed by atoms with Crippen LogP contribution >= 0.6 is 11.6 Å². The van der Waals surface area contributed by atoms with Crippen molar-refractivity contribution in [3.63, 3.8) is 0 Å². The number of ether oxygens (including phenoxy) is 1. The van der Waals surface area contributed by atoms with Crippen molar-refractivity contribution in [3.05, 3.63) is 47.5 Å². The van der Waals surface area contributed by atoms with Crippen LogP contribution in [0.15, 0.2) is 36.9 Å². The van der Waals surface area contributed by atoms with Crippen molar-refractivity contribution in [1.29, 1.82) is 0 Å². The topological polar surface area (TPSA) is 44.1 Å². The molecule has 1 heterocycles. The maximum Gasteiger partial charge on any atom is 0.275 e. The number of rotatable bonds is 3. The van der Waals surface area contributed by atoms with Crippen LogP contribution < -0.4 is 4.74 Å². The van der Waals surface area contributed by atoms with Crippen molar-refractivity contribution in [2.75, 3.05) is 0 Å². The van der Waals surface area contributed by atoms with Crippen LogP contribution in [-0.2, 0) is 0 Å². The molecular formula is C14H15ClN2O2. The van der Waals surface area contributed by atoms with E-state index in [9.17, 15) is 4.79 Å². The summed E-state index contributed by atoms with van der Waals surface area (Å²) in [7, 11) is 0. The quantitative estimate of drug-likeness (QED) is 0.865. The Hall–Kier alpha value is -1.81. The van der Waals surface area contributed by atoms with Gasteiger partial charge in [-0.1, -0.05) is 17.7 Å². The summed E-state index contributed by atoms with van der Waals surface area (Å²) in [6.07, 6.45) is 4.59. The molecule has 0 atom stereocenters. The van der Waals surface area contributed by atoms with Gasteiger partial charge in [-0.3, -0.25) is 9.36 Å². The number of aryl methyl sites for hydroxylation is 1. The minimum Gasteiger partial charge on any atom is -0.476 e. The Morgan fingerprint density at radius 1 is 1.42 bits per heavy atom. The fourth-order valence-corrected chi connectivity index (χ4v) is 1.85. The fourth-order valence-electron chi connectivity index (χ4n) is 1.70. The van der Waals surface area contributed by atoms with Crippen LogP contribution in [0, 0.1) is 6.92 Å². The van der Waals surface area contributed by atoms with Crippen molar-refractivity contribution in [2.45, 2.75) is 26.4 Å². The van der Waals surface area contributed by atoms with E-state index in [0.29, 0.717) is 10.8 Å². The van der Waals surface area contributed by atoms with Gasteiger partial charge in [-0.15, -0.1) is 0 Å². The van der Waals surface area contributed by atoms with E-state index in [4.69, 9.17) is 16.3 Å². The van der Waals surface area contributed by atoms with Gasteiger partial charge in [-0.05, 0) is 38.5 Å². The molecule has 2 aromatic rings. The van der Waals surface area contributed by atoms with Crippen molar-refractivity contribution in [1.82, 2.24) is 9.55 Å². The third-order valence-corrected chi connectivity index (χ3v) is 3.02. The Labute approximate surface area is 117 Å². The molecule has 2 rings (SSSR count). The largest absolute Gasteiger partial charge is 0.476 e. The predicted octanol–water partition coefficient (Wildman–Crippen LogP) is 3.34. The van der Waals surface area contributed by atoms with E-state index < -0.39 is 5.60 Å². The van der Waals surface area contributed by atoms with Gasteiger partial charge in [0.2, 0.25) is 0 Å². The molecule has 0 fully saturated rings. The molecule has 0 spiro atoms. The lowest BCUT2D eigenvalue weighted by atomic mass is 10.1. The van der Waals surface area contributed by atoms with Gasteiger partial charge in [0.15, 0.2) is 5.60 Å². The molecule has 19 heavy (non-hydrogen) atoms. The van der Waals surface area contributed by atoms with Crippen molar-refractivity contribution >= 4 is 17.5 Å². The molecule has 0 saturated carbocycles. The number of benzene rings is 1. The van der Waals surface area contributed by atoms with Crippen LogP contribution in [-0.4, -0.2) is 21.1 Å². The third-order valence-electron chi connectivity index (χ3n) is 2.71. The lowest BCUT2D eigenvalue weighted by Gasteiger charge is -2.25. The first kappa shape index (κ1) is 13.6. The second-order valence-electron chi connectivity index (χ2n) is 4.82. The minimum atomic E-state index is -1.03. The summed E-state index contributed by atoms with van der Waals surface area (Å²) in [5, 5.41) is 0.483. The Bertz CT molecular complexity index is 591. The van der Waals surface area contributed by atoms with E-state index in [2.05, 4.69) is 4.98 Å². The molecular weight excluding hydrogens is 264 g/mol. The molecule has 100 valence electrons. The van der Waals surface area contributed by atoms with Gasteiger partial charge >= 0.3 is 0 Å². The fraction of sp³-hybridized carbons (Fsp3) is 0.286. The summed E-state index contributed by atoms with van der Waals surface area (Å²) in [6, 6.07) is 5.45. The third kappa shape index (κ3) is 2.96. The average Bonchev–Trinajstić information content (AvgIpc) is 2.86. The number of hydrogen-bond acceptors (Lipinski definition) is 3. The molecule has 5 heteroatoms. The number of imidazole rings is 1. The van der Waals surface area contributed by atoms with E-state index in [-0.39, 0.29) is 5.91 Å².